The Kier molecular flexibility index (Phi) is 7.86. The van der Waals surface area contributed by atoms with Gasteiger partial charge in [-0.15, -0.1) is 0 Å². The third-order valence-electron chi connectivity index (χ3n) is 6.20. The van der Waals surface area contributed by atoms with Gasteiger partial charge in [0.1, 0.15) is 6.61 Å². The predicted octanol–water partition coefficient (Wildman–Crippen LogP) is -7.34. The summed E-state index contributed by atoms with van der Waals surface area (Å²) in [6.07, 6.45) is -6.32. The zero-order valence-corrected chi connectivity index (χ0v) is 20.4. The van der Waals surface area contributed by atoms with Crippen molar-refractivity contribution in [2.45, 2.75) is 74.0 Å². The number of aliphatic hydroxyl groups is 8. The molecule has 3 fully saturated rings. The zero-order valence-electron chi connectivity index (χ0n) is 20.4. The van der Waals surface area contributed by atoms with Gasteiger partial charge in [-0.3, -0.25) is 14.4 Å². The summed E-state index contributed by atoms with van der Waals surface area (Å²) in [6.45, 7) is -0.0497. The first-order chi connectivity index (χ1) is 17.3. The Labute approximate surface area is 213 Å². The third kappa shape index (κ3) is 5.21. The molecule has 19 nitrogen and oxygen atoms in total. The average Bonchev–Trinajstić information content (AvgIpc) is 3.65. The van der Waals surface area contributed by atoms with E-state index in [4.69, 9.17) is 23.7 Å². The summed E-state index contributed by atoms with van der Waals surface area (Å²) in [4.78, 5) is 34.1. The molecule has 0 spiro atoms. The Balaban J connectivity index is 1.65. The highest BCUT2D eigenvalue weighted by Gasteiger charge is 2.79. The van der Waals surface area contributed by atoms with Crippen LogP contribution in [0.1, 0.15) is 20.8 Å². The quantitative estimate of drug-likeness (QED) is 0.0698. The number of epoxide rings is 3. The van der Waals surface area contributed by atoms with Crippen LogP contribution in [0.5, 0.6) is 0 Å². The molecule has 0 aromatic rings. The summed E-state index contributed by atoms with van der Waals surface area (Å²) < 4.78 is 25.3. The van der Waals surface area contributed by atoms with Crippen molar-refractivity contribution in [3.05, 3.63) is 0 Å². The van der Waals surface area contributed by atoms with Crippen molar-refractivity contribution in [1.82, 2.24) is 16.0 Å². The lowest BCUT2D eigenvalue weighted by Crippen LogP contribution is -2.55. The van der Waals surface area contributed by atoms with Crippen LogP contribution in [0.2, 0.25) is 0 Å². The Morgan fingerprint density at radius 1 is 0.711 bits per heavy atom. The molecule has 3 rings (SSSR count). The van der Waals surface area contributed by atoms with Gasteiger partial charge in [-0.1, -0.05) is 0 Å². The van der Waals surface area contributed by atoms with Crippen molar-refractivity contribution in [1.29, 1.82) is 0 Å². The van der Waals surface area contributed by atoms with Crippen molar-refractivity contribution >= 4 is 17.7 Å². The van der Waals surface area contributed by atoms with Crippen molar-refractivity contribution in [3.63, 3.8) is 0 Å². The first-order valence-corrected chi connectivity index (χ1v) is 11.0. The maximum absolute atomic E-state index is 11.8. The SMILES string of the molecule is CC(=O)NC(O)C1(O)OC1(O)COCC1(C(O)O)OC1(COCC1(C(O)NC(C)=O)OC1(O)O)NC(C)=O. The van der Waals surface area contributed by atoms with Crippen molar-refractivity contribution in [2.75, 3.05) is 26.4 Å². The van der Waals surface area contributed by atoms with Gasteiger partial charge in [0.05, 0.1) is 19.8 Å². The van der Waals surface area contributed by atoms with Crippen LogP contribution in [0, 0.1) is 0 Å². The van der Waals surface area contributed by atoms with Gasteiger partial charge in [0.25, 0.3) is 11.6 Å². The lowest BCUT2D eigenvalue weighted by atomic mass is 10.00. The Hall–Kier alpha value is -2.11. The fraction of sp³-hybridized carbons (Fsp3) is 0.842. The molecule has 3 saturated heterocycles. The van der Waals surface area contributed by atoms with E-state index >= 15 is 0 Å². The van der Waals surface area contributed by atoms with Crippen LogP contribution < -0.4 is 16.0 Å². The standard InChI is InChI=1S/C19H31N3O16/c1-8(23)20-11(26)14(19(32,33)37-14)4-34-6-16(22-10(3)25)15(36-16,13(28)29)5-35-7-17(30)18(31,38-17)12(27)21-9(2)24/h11-13,26-33H,4-7H2,1-3H3,(H,20,23)(H,21,24)(H,22,25). The predicted molar refractivity (Wildman–Crippen MR) is 112 cm³/mol. The van der Waals surface area contributed by atoms with E-state index in [2.05, 4.69) is 5.32 Å². The van der Waals surface area contributed by atoms with Crippen molar-refractivity contribution in [3.8, 4) is 0 Å². The van der Waals surface area contributed by atoms with Gasteiger partial charge in [0.2, 0.25) is 29.0 Å². The van der Waals surface area contributed by atoms with Gasteiger partial charge in [-0.2, -0.15) is 0 Å². The van der Waals surface area contributed by atoms with Crippen LogP contribution in [0.4, 0.5) is 0 Å². The first-order valence-electron chi connectivity index (χ1n) is 11.0. The Morgan fingerprint density at radius 3 is 1.68 bits per heavy atom. The summed E-state index contributed by atoms with van der Waals surface area (Å²) in [7, 11) is 0. The number of aliphatic hydroxyl groups excluding tert-OH is 3. The van der Waals surface area contributed by atoms with Crippen molar-refractivity contribution < 1.29 is 78.9 Å². The maximum Gasteiger partial charge on any atom is 0.317 e. The molecule has 7 atom stereocenters. The van der Waals surface area contributed by atoms with E-state index in [1.165, 1.54) is 0 Å². The highest BCUT2D eigenvalue weighted by Crippen LogP contribution is 2.51. The Bertz CT molecular complexity index is 966. The van der Waals surface area contributed by atoms with E-state index < -0.39 is 97.4 Å². The molecule has 0 saturated carbocycles. The zero-order chi connectivity index (χ0) is 28.9. The summed E-state index contributed by atoms with van der Waals surface area (Å²) in [6, 6.07) is 0. The number of amides is 3. The minimum atomic E-state index is -2.89. The summed E-state index contributed by atoms with van der Waals surface area (Å²) in [5.74, 6) is -10.3. The van der Waals surface area contributed by atoms with Crippen LogP contribution >= 0.6 is 0 Å². The summed E-state index contributed by atoms with van der Waals surface area (Å²) in [5.41, 5.74) is -6.37. The molecule has 218 valence electrons. The normalized spacial score (nSPS) is 38.2. The topological polar surface area (TPSA) is 305 Å². The second-order valence-corrected chi connectivity index (χ2v) is 9.25. The number of ether oxygens (including phenoxy) is 5. The number of hydrogen-bond donors (Lipinski definition) is 11. The second kappa shape index (κ2) is 9.82. The van der Waals surface area contributed by atoms with Crippen LogP contribution in [-0.2, 0) is 38.1 Å². The molecule has 7 unspecified atom stereocenters. The van der Waals surface area contributed by atoms with Gasteiger partial charge in [-0.25, -0.2) is 0 Å². The monoisotopic (exact) mass is 557 g/mol. The highest BCUT2D eigenvalue weighted by atomic mass is 16.9. The molecule has 0 aliphatic carbocycles. The van der Waals surface area contributed by atoms with Gasteiger partial charge in [-0.05, 0) is 0 Å². The minimum Gasteiger partial charge on any atom is -0.373 e. The van der Waals surface area contributed by atoms with Gasteiger partial charge in [0.15, 0.2) is 24.3 Å². The molecule has 38 heavy (non-hydrogen) atoms. The van der Waals surface area contributed by atoms with E-state index in [0.29, 0.717) is 0 Å². The molecule has 11 N–H and O–H groups in total. The fourth-order valence-corrected chi connectivity index (χ4v) is 3.96. The van der Waals surface area contributed by atoms with Crippen LogP contribution in [0.3, 0.4) is 0 Å². The summed E-state index contributed by atoms with van der Waals surface area (Å²) in [5, 5.41) is 86.1. The number of carbonyl (C=O) groups is 3. The molecule has 0 aromatic heterocycles. The largest absolute Gasteiger partial charge is 0.373 e. The number of rotatable bonds is 14. The molecular weight excluding hydrogens is 526 g/mol. The first kappa shape index (κ1) is 30.4. The molecule has 0 bridgehead atoms. The Morgan fingerprint density at radius 2 is 1.21 bits per heavy atom. The fourth-order valence-electron chi connectivity index (χ4n) is 3.96. The second-order valence-electron chi connectivity index (χ2n) is 9.25. The molecule has 3 amide bonds. The van der Waals surface area contributed by atoms with Crippen LogP contribution in [-0.4, -0.2) is 138 Å². The molecule has 0 radical (unpaired) electrons. The summed E-state index contributed by atoms with van der Waals surface area (Å²) >= 11 is 0. The average molecular weight is 557 g/mol. The number of hydrogen-bond acceptors (Lipinski definition) is 16. The molecule has 3 aliphatic rings. The third-order valence-corrected chi connectivity index (χ3v) is 6.20. The smallest absolute Gasteiger partial charge is 0.317 e. The molecule has 3 heterocycles. The van der Waals surface area contributed by atoms with Crippen LogP contribution in [0.15, 0.2) is 0 Å². The molecular formula is C19H31N3O16. The number of carbonyl (C=O) groups excluding carboxylic acids is 3. The van der Waals surface area contributed by atoms with Crippen molar-refractivity contribution in [2.24, 2.45) is 0 Å². The van der Waals surface area contributed by atoms with E-state index in [0.717, 1.165) is 20.8 Å². The molecule has 19 heteroatoms. The maximum atomic E-state index is 11.8. The highest BCUT2D eigenvalue weighted by molar-refractivity contribution is 5.74. The number of nitrogens with one attached hydrogen (secondary N) is 3. The van der Waals surface area contributed by atoms with Crippen LogP contribution in [0.25, 0.3) is 0 Å². The lowest BCUT2D eigenvalue weighted by Gasteiger charge is -2.25. The van der Waals surface area contributed by atoms with Gasteiger partial charge >= 0.3 is 5.97 Å². The molecule has 0 aromatic carbocycles. The van der Waals surface area contributed by atoms with E-state index in [-0.39, 0.29) is 0 Å². The van der Waals surface area contributed by atoms with E-state index in [1.54, 1.807) is 0 Å². The van der Waals surface area contributed by atoms with E-state index in [1.807, 2.05) is 10.6 Å². The van der Waals surface area contributed by atoms with Gasteiger partial charge < -0.3 is 80.5 Å². The molecule has 3 aliphatic heterocycles. The van der Waals surface area contributed by atoms with E-state index in [9.17, 15) is 55.2 Å². The van der Waals surface area contributed by atoms with Gasteiger partial charge in [0, 0.05) is 20.8 Å². The lowest BCUT2D eigenvalue weighted by molar-refractivity contribution is -0.158. The minimum absolute atomic E-state index is 0.715.